The first-order chi connectivity index (χ1) is 14.7. The number of aromatic nitrogens is 4. The average molecular weight is 423 g/mol. The molecule has 0 aliphatic rings. The van der Waals surface area contributed by atoms with Gasteiger partial charge in [-0.2, -0.15) is 4.98 Å². The van der Waals surface area contributed by atoms with E-state index in [9.17, 15) is 14.3 Å². The molecule has 0 aliphatic carbocycles. The summed E-state index contributed by atoms with van der Waals surface area (Å²) in [5.74, 6) is 0.0294. The third kappa shape index (κ3) is 4.61. The van der Waals surface area contributed by atoms with Gasteiger partial charge in [0.05, 0.1) is 11.8 Å². The van der Waals surface area contributed by atoms with E-state index in [1.807, 2.05) is 19.1 Å². The van der Waals surface area contributed by atoms with Gasteiger partial charge in [0.1, 0.15) is 17.2 Å². The predicted octanol–water partition coefficient (Wildman–Crippen LogP) is 3.79. The number of halogens is 1. The first-order valence-corrected chi connectivity index (χ1v) is 9.79. The van der Waals surface area contributed by atoms with E-state index in [4.69, 9.17) is 4.52 Å². The van der Waals surface area contributed by atoms with Crippen molar-refractivity contribution in [1.29, 1.82) is 0 Å². The van der Waals surface area contributed by atoms with Crippen LogP contribution in [0.5, 0.6) is 0 Å². The Morgan fingerprint density at radius 1 is 1.29 bits per heavy atom. The van der Waals surface area contributed by atoms with Crippen LogP contribution in [0.3, 0.4) is 0 Å². The molecule has 9 heteroatoms. The number of anilines is 1. The van der Waals surface area contributed by atoms with Crippen molar-refractivity contribution in [3.05, 3.63) is 65.7 Å². The van der Waals surface area contributed by atoms with Crippen LogP contribution >= 0.6 is 0 Å². The molecule has 1 aromatic carbocycles. The van der Waals surface area contributed by atoms with E-state index in [0.29, 0.717) is 41.5 Å². The molecule has 3 heterocycles. The van der Waals surface area contributed by atoms with Crippen molar-refractivity contribution in [2.24, 2.45) is 0 Å². The van der Waals surface area contributed by atoms with Gasteiger partial charge in [-0.25, -0.2) is 9.37 Å². The number of hydrogen-bond acceptors (Lipinski definition) is 6. The van der Waals surface area contributed by atoms with E-state index in [1.165, 1.54) is 28.9 Å². The van der Waals surface area contributed by atoms with Crippen molar-refractivity contribution in [3.63, 3.8) is 0 Å². The minimum absolute atomic E-state index is 0.285. The summed E-state index contributed by atoms with van der Waals surface area (Å²) in [5.41, 5.74) is 1.93. The van der Waals surface area contributed by atoms with Crippen LogP contribution in [0.2, 0.25) is 0 Å². The van der Waals surface area contributed by atoms with E-state index in [0.717, 1.165) is 5.56 Å². The summed E-state index contributed by atoms with van der Waals surface area (Å²) in [5, 5.41) is 16.7. The third-order valence-corrected chi connectivity index (χ3v) is 4.87. The van der Waals surface area contributed by atoms with Crippen LogP contribution in [-0.4, -0.2) is 36.1 Å². The fourth-order valence-electron chi connectivity index (χ4n) is 3.09. The maximum atomic E-state index is 13.4. The van der Waals surface area contributed by atoms with E-state index in [1.54, 1.807) is 19.9 Å². The Hall–Kier alpha value is -3.59. The minimum atomic E-state index is -0.820. The number of benzene rings is 1. The quantitative estimate of drug-likeness (QED) is 0.489. The second-order valence-corrected chi connectivity index (χ2v) is 8.02. The van der Waals surface area contributed by atoms with Crippen LogP contribution in [0.15, 0.2) is 47.2 Å². The molecule has 8 nitrogen and oxygen atoms in total. The number of amides is 1. The Balaban J connectivity index is 1.55. The molecular formula is C22H22FN5O3. The highest BCUT2D eigenvalue weighted by molar-refractivity contribution is 6.04. The van der Waals surface area contributed by atoms with Gasteiger partial charge in [-0.3, -0.25) is 9.20 Å². The maximum Gasteiger partial charge on any atom is 0.274 e. The Morgan fingerprint density at radius 3 is 2.87 bits per heavy atom. The molecule has 0 fully saturated rings. The largest absolute Gasteiger partial charge is 0.390 e. The first-order valence-electron chi connectivity index (χ1n) is 9.79. The molecular weight excluding hydrogens is 401 g/mol. The molecule has 0 radical (unpaired) electrons. The Morgan fingerprint density at radius 2 is 2.10 bits per heavy atom. The smallest absolute Gasteiger partial charge is 0.274 e. The van der Waals surface area contributed by atoms with Gasteiger partial charge < -0.3 is 14.9 Å². The fraction of sp³-hybridized carbons (Fsp3) is 0.273. The number of aryl methyl sites for hydroxylation is 2. The molecule has 0 aliphatic heterocycles. The number of aliphatic hydroxyl groups is 1. The number of rotatable bonds is 6. The number of imidazole rings is 1. The predicted molar refractivity (Wildman–Crippen MR) is 112 cm³/mol. The van der Waals surface area contributed by atoms with Gasteiger partial charge in [0.25, 0.3) is 5.91 Å². The van der Waals surface area contributed by atoms with Crippen molar-refractivity contribution in [1.82, 2.24) is 19.5 Å². The topological polar surface area (TPSA) is 106 Å². The summed E-state index contributed by atoms with van der Waals surface area (Å²) in [6, 6.07) is 7.98. The SMILES string of the molecule is Cc1ccc(-c2noc(CCC(C)(C)O)n2)cc1NC(=O)c1cnc2cc(F)ccn12. The highest BCUT2D eigenvalue weighted by Gasteiger charge is 2.18. The van der Waals surface area contributed by atoms with E-state index >= 15 is 0 Å². The third-order valence-electron chi connectivity index (χ3n) is 4.87. The van der Waals surface area contributed by atoms with Crippen LogP contribution in [0.1, 0.15) is 42.2 Å². The molecule has 0 bridgehead atoms. The lowest BCUT2D eigenvalue weighted by Crippen LogP contribution is -2.19. The normalized spacial score (nSPS) is 11.8. The van der Waals surface area contributed by atoms with Crippen LogP contribution in [-0.2, 0) is 6.42 Å². The first kappa shape index (κ1) is 20.7. The van der Waals surface area contributed by atoms with Crippen molar-refractivity contribution in [3.8, 4) is 11.4 Å². The molecule has 0 spiro atoms. The number of fused-ring (bicyclic) bond motifs is 1. The summed E-state index contributed by atoms with van der Waals surface area (Å²) in [6.45, 7) is 5.31. The molecule has 0 atom stereocenters. The zero-order valence-corrected chi connectivity index (χ0v) is 17.4. The summed E-state index contributed by atoms with van der Waals surface area (Å²) in [7, 11) is 0. The number of carbonyl (C=O) groups is 1. The van der Waals surface area contributed by atoms with E-state index in [-0.39, 0.29) is 11.6 Å². The van der Waals surface area contributed by atoms with Crippen LogP contribution in [0.25, 0.3) is 17.0 Å². The summed E-state index contributed by atoms with van der Waals surface area (Å²) in [6.07, 6.45) is 3.82. The molecule has 0 unspecified atom stereocenters. The number of nitrogens with zero attached hydrogens (tertiary/aromatic N) is 4. The fourth-order valence-corrected chi connectivity index (χ4v) is 3.09. The number of nitrogens with one attached hydrogen (secondary N) is 1. The average Bonchev–Trinajstić information content (AvgIpc) is 3.34. The molecule has 0 saturated carbocycles. The Kier molecular flexibility index (Phi) is 5.28. The lowest BCUT2D eigenvalue weighted by molar-refractivity contribution is 0.0689. The number of carbonyl (C=O) groups excluding carboxylic acids is 1. The summed E-state index contributed by atoms with van der Waals surface area (Å²) >= 11 is 0. The highest BCUT2D eigenvalue weighted by atomic mass is 19.1. The molecule has 3 aromatic heterocycles. The van der Waals surface area contributed by atoms with Gasteiger partial charge in [0.15, 0.2) is 0 Å². The van der Waals surface area contributed by atoms with E-state index in [2.05, 4.69) is 20.4 Å². The lowest BCUT2D eigenvalue weighted by atomic mass is 10.0. The summed E-state index contributed by atoms with van der Waals surface area (Å²) < 4.78 is 20.2. The second kappa shape index (κ2) is 7.92. The van der Waals surface area contributed by atoms with Gasteiger partial charge in [-0.1, -0.05) is 17.3 Å². The van der Waals surface area contributed by atoms with Crippen LogP contribution in [0.4, 0.5) is 10.1 Å². The van der Waals surface area contributed by atoms with Gasteiger partial charge in [0, 0.05) is 29.9 Å². The molecule has 0 saturated heterocycles. The minimum Gasteiger partial charge on any atom is -0.390 e. The zero-order chi connectivity index (χ0) is 22.2. The van der Waals surface area contributed by atoms with Crippen molar-refractivity contribution < 1.29 is 18.8 Å². The van der Waals surface area contributed by atoms with Crippen molar-refractivity contribution in [2.45, 2.75) is 39.2 Å². The second-order valence-electron chi connectivity index (χ2n) is 8.02. The standard InChI is InChI=1S/C22H22FN5O3/c1-13-4-5-14(20-26-19(31-27-20)6-8-22(2,3)30)10-16(13)25-21(29)17-12-24-18-11-15(23)7-9-28(17)18/h4-5,7,9-12,30H,6,8H2,1-3H3,(H,25,29). The maximum absolute atomic E-state index is 13.4. The molecule has 1 amide bonds. The van der Waals surface area contributed by atoms with Gasteiger partial charge in [-0.05, 0) is 44.9 Å². The van der Waals surface area contributed by atoms with Gasteiger partial charge in [0.2, 0.25) is 11.7 Å². The van der Waals surface area contributed by atoms with Gasteiger partial charge in [-0.15, -0.1) is 0 Å². The Labute approximate surface area is 177 Å². The number of pyridine rings is 1. The van der Waals surface area contributed by atoms with Crippen molar-refractivity contribution >= 4 is 17.2 Å². The van der Waals surface area contributed by atoms with E-state index < -0.39 is 11.4 Å². The molecule has 4 aromatic rings. The molecule has 160 valence electrons. The summed E-state index contributed by atoms with van der Waals surface area (Å²) in [4.78, 5) is 21.3. The van der Waals surface area contributed by atoms with Gasteiger partial charge >= 0.3 is 0 Å². The van der Waals surface area contributed by atoms with Crippen molar-refractivity contribution in [2.75, 3.05) is 5.32 Å². The molecule has 2 N–H and O–H groups in total. The lowest BCUT2D eigenvalue weighted by Gasteiger charge is -2.14. The zero-order valence-electron chi connectivity index (χ0n) is 17.4. The Bertz CT molecular complexity index is 1260. The van der Waals surface area contributed by atoms with Crippen LogP contribution in [0, 0.1) is 12.7 Å². The molecule has 4 rings (SSSR count). The molecule has 31 heavy (non-hydrogen) atoms. The monoisotopic (exact) mass is 423 g/mol. The highest BCUT2D eigenvalue weighted by Crippen LogP contribution is 2.25. The number of hydrogen-bond donors (Lipinski definition) is 2. The van der Waals surface area contributed by atoms with Crippen LogP contribution < -0.4 is 5.32 Å².